The molecule has 4 rings (SSSR count). The van der Waals surface area contributed by atoms with Crippen molar-refractivity contribution in [3.63, 3.8) is 0 Å². The molecule has 0 saturated carbocycles. The third-order valence-corrected chi connectivity index (χ3v) is 5.64. The fourth-order valence-corrected chi connectivity index (χ4v) is 3.99. The molecule has 140 valence electrons. The second kappa shape index (κ2) is 7.08. The first kappa shape index (κ1) is 17.6. The lowest BCUT2D eigenvalue weighted by Gasteiger charge is -2.46. The van der Waals surface area contributed by atoms with E-state index < -0.39 is 0 Å². The van der Waals surface area contributed by atoms with E-state index in [9.17, 15) is 9.59 Å². The van der Waals surface area contributed by atoms with E-state index in [0.29, 0.717) is 32.6 Å². The molecule has 0 aliphatic carbocycles. The van der Waals surface area contributed by atoms with Gasteiger partial charge in [0.15, 0.2) is 0 Å². The topological polar surface area (TPSA) is 69.6 Å². The monoisotopic (exact) mass is 365 g/mol. The molecule has 0 bridgehead atoms. The summed E-state index contributed by atoms with van der Waals surface area (Å²) in [7, 11) is 1.98. The number of nitrogens with zero attached hydrogens (tertiary/aromatic N) is 5. The summed E-state index contributed by atoms with van der Waals surface area (Å²) >= 11 is 0. The first-order valence-electron chi connectivity index (χ1n) is 9.17. The van der Waals surface area contributed by atoms with E-state index in [0.717, 1.165) is 17.8 Å². The van der Waals surface area contributed by atoms with Gasteiger partial charge < -0.3 is 9.80 Å². The molecular weight excluding hydrogens is 342 g/mol. The van der Waals surface area contributed by atoms with E-state index in [-0.39, 0.29) is 17.4 Å². The Labute approximate surface area is 158 Å². The summed E-state index contributed by atoms with van der Waals surface area (Å²) in [5.41, 5.74) is 1.38. The number of likely N-dealkylation sites (N-methyl/N-ethyl adjacent to an activating group) is 1. The summed E-state index contributed by atoms with van der Waals surface area (Å²) in [6.45, 7) is 2.24. The maximum Gasteiger partial charge on any atom is 0.241 e. The van der Waals surface area contributed by atoms with E-state index in [1.165, 1.54) is 0 Å². The zero-order valence-electron chi connectivity index (χ0n) is 15.4. The molecule has 2 aliphatic rings. The van der Waals surface area contributed by atoms with E-state index in [2.05, 4.69) is 14.9 Å². The van der Waals surface area contributed by atoms with E-state index in [1.807, 2.05) is 42.3 Å². The molecule has 2 aromatic heterocycles. The number of piperazine rings is 1. The third-order valence-electron chi connectivity index (χ3n) is 5.64. The van der Waals surface area contributed by atoms with Crippen LogP contribution in [0.3, 0.4) is 0 Å². The van der Waals surface area contributed by atoms with Gasteiger partial charge in [0.05, 0.1) is 30.4 Å². The highest BCUT2D eigenvalue weighted by Crippen LogP contribution is 2.33. The standard InChI is InChI=1S/C20H23N5O2/c1-23-13-19(27)25(17-6-4-8-21-12-17)15-20(23)7-10-24(14-20)18(26)11-16-5-2-3-9-22-16/h2-6,8-9,12H,7,10-11,13-15H2,1H3. The van der Waals surface area contributed by atoms with Crippen molar-refractivity contribution in [1.29, 1.82) is 0 Å². The lowest BCUT2D eigenvalue weighted by Crippen LogP contribution is -2.64. The molecule has 2 fully saturated rings. The summed E-state index contributed by atoms with van der Waals surface area (Å²) < 4.78 is 0. The van der Waals surface area contributed by atoms with Crippen LogP contribution in [-0.2, 0) is 16.0 Å². The van der Waals surface area contributed by atoms with Gasteiger partial charge in [-0.1, -0.05) is 6.07 Å². The lowest BCUT2D eigenvalue weighted by molar-refractivity contribution is -0.130. The molecule has 2 aliphatic heterocycles. The maximum atomic E-state index is 12.7. The number of likely N-dealkylation sites (tertiary alicyclic amines) is 1. The average Bonchev–Trinajstić information content (AvgIpc) is 3.12. The molecule has 0 N–H and O–H groups in total. The van der Waals surface area contributed by atoms with Crippen LogP contribution in [0.5, 0.6) is 0 Å². The molecule has 7 heteroatoms. The highest BCUT2D eigenvalue weighted by Gasteiger charge is 2.48. The van der Waals surface area contributed by atoms with Crippen LogP contribution >= 0.6 is 0 Å². The predicted octanol–water partition coefficient (Wildman–Crippen LogP) is 0.969. The van der Waals surface area contributed by atoms with Crippen molar-refractivity contribution in [3.05, 3.63) is 54.6 Å². The number of aromatic nitrogens is 2. The third kappa shape index (κ3) is 3.42. The SMILES string of the molecule is CN1CC(=O)N(c2cccnc2)CC12CCN(C(=O)Cc1ccccn1)C2. The van der Waals surface area contributed by atoms with Gasteiger partial charge in [-0.25, -0.2) is 0 Å². The van der Waals surface area contributed by atoms with Crippen LogP contribution in [0.1, 0.15) is 12.1 Å². The molecule has 2 amide bonds. The van der Waals surface area contributed by atoms with Crippen LogP contribution in [0.25, 0.3) is 0 Å². The molecule has 7 nitrogen and oxygen atoms in total. The Morgan fingerprint density at radius 3 is 2.81 bits per heavy atom. The quantitative estimate of drug-likeness (QED) is 0.811. The molecule has 2 aromatic rings. The van der Waals surface area contributed by atoms with Crippen LogP contribution in [-0.4, -0.2) is 70.3 Å². The average molecular weight is 365 g/mol. The van der Waals surface area contributed by atoms with Gasteiger partial charge >= 0.3 is 0 Å². The number of rotatable bonds is 3. The highest BCUT2D eigenvalue weighted by atomic mass is 16.2. The van der Waals surface area contributed by atoms with Gasteiger partial charge in [-0.05, 0) is 37.7 Å². The largest absolute Gasteiger partial charge is 0.340 e. The second-order valence-corrected chi connectivity index (χ2v) is 7.33. The van der Waals surface area contributed by atoms with Crippen molar-refractivity contribution in [2.45, 2.75) is 18.4 Å². The minimum absolute atomic E-state index is 0.0642. The fraction of sp³-hybridized carbons (Fsp3) is 0.400. The number of anilines is 1. The molecule has 0 aromatic carbocycles. The lowest BCUT2D eigenvalue weighted by atomic mass is 9.92. The summed E-state index contributed by atoms with van der Waals surface area (Å²) in [6, 6.07) is 9.36. The molecule has 1 spiro atoms. The Morgan fingerprint density at radius 1 is 1.19 bits per heavy atom. The Kier molecular flexibility index (Phi) is 4.61. The predicted molar refractivity (Wildman–Crippen MR) is 101 cm³/mol. The molecule has 2 saturated heterocycles. The van der Waals surface area contributed by atoms with Crippen LogP contribution in [0.2, 0.25) is 0 Å². The van der Waals surface area contributed by atoms with E-state index in [4.69, 9.17) is 0 Å². The first-order chi connectivity index (χ1) is 13.1. The number of hydrogen-bond donors (Lipinski definition) is 0. The van der Waals surface area contributed by atoms with E-state index >= 15 is 0 Å². The normalized spacial score (nSPS) is 23.2. The van der Waals surface area contributed by atoms with Gasteiger partial charge in [0.2, 0.25) is 11.8 Å². The number of hydrogen-bond acceptors (Lipinski definition) is 5. The molecule has 1 unspecified atom stereocenters. The van der Waals surface area contributed by atoms with Gasteiger partial charge in [-0.15, -0.1) is 0 Å². The van der Waals surface area contributed by atoms with Gasteiger partial charge in [0, 0.05) is 37.7 Å². The number of carbonyl (C=O) groups is 2. The number of carbonyl (C=O) groups excluding carboxylic acids is 2. The smallest absolute Gasteiger partial charge is 0.241 e. The Bertz CT molecular complexity index is 829. The Balaban J connectivity index is 1.49. The van der Waals surface area contributed by atoms with Gasteiger partial charge in [-0.3, -0.25) is 24.5 Å². The Hall–Kier alpha value is -2.80. The summed E-state index contributed by atoms with van der Waals surface area (Å²) in [6.07, 6.45) is 6.29. The molecule has 1 atom stereocenters. The fourth-order valence-electron chi connectivity index (χ4n) is 3.99. The van der Waals surface area contributed by atoms with Crippen LogP contribution < -0.4 is 4.90 Å². The summed E-state index contributed by atoms with van der Waals surface area (Å²) in [4.78, 5) is 39.5. The van der Waals surface area contributed by atoms with Crippen LogP contribution in [0.15, 0.2) is 48.9 Å². The minimum atomic E-state index is -0.219. The van der Waals surface area contributed by atoms with Crippen molar-refractivity contribution < 1.29 is 9.59 Å². The van der Waals surface area contributed by atoms with Crippen molar-refractivity contribution in [2.24, 2.45) is 0 Å². The zero-order valence-corrected chi connectivity index (χ0v) is 15.4. The van der Waals surface area contributed by atoms with Crippen LogP contribution in [0, 0.1) is 0 Å². The van der Waals surface area contributed by atoms with Gasteiger partial charge in [-0.2, -0.15) is 0 Å². The van der Waals surface area contributed by atoms with Crippen molar-refractivity contribution in [1.82, 2.24) is 19.8 Å². The van der Waals surface area contributed by atoms with Gasteiger partial charge in [0.25, 0.3) is 0 Å². The maximum absolute atomic E-state index is 12.7. The molecule has 4 heterocycles. The number of pyridine rings is 2. The molecular formula is C20H23N5O2. The second-order valence-electron chi connectivity index (χ2n) is 7.33. The van der Waals surface area contributed by atoms with Crippen molar-refractivity contribution in [3.8, 4) is 0 Å². The molecule has 27 heavy (non-hydrogen) atoms. The number of amides is 2. The summed E-state index contributed by atoms with van der Waals surface area (Å²) in [5.74, 6) is 0.151. The highest BCUT2D eigenvalue weighted by molar-refractivity contribution is 5.96. The zero-order chi connectivity index (χ0) is 18.9. The summed E-state index contributed by atoms with van der Waals surface area (Å²) in [5, 5.41) is 0. The minimum Gasteiger partial charge on any atom is -0.340 e. The Morgan fingerprint density at radius 2 is 2.07 bits per heavy atom. The van der Waals surface area contributed by atoms with Crippen LogP contribution in [0.4, 0.5) is 5.69 Å². The first-order valence-corrected chi connectivity index (χ1v) is 9.17. The van der Waals surface area contributed by atoms with Gasteiger partial charge in [0.1, 0.15) is 0 Å². The van der Waals surface area contributed by atoms with E-state index in [1.54, 1.807) is 23.5 Å². The molecule has 0 radical (unpaired) electrons. The van der Waals surface area contributed by atoms with Crippen molar-refractivity contribution >= 4 is 17.5 Å². The van der Waals surface area contributed by atoms with Crippen molar-refractivity contribution in [2.75, 3.05) is 38.1 Å².